The van der Waals surface area contributed by atoms with Crippen LogP contribution in [0, 0.1) is 21.7 Å². The van der Waals surface area contributed by atoms with Gasteiger partial charge in [0.25, 0.3) is 11.6 Å². The van der Waals surface area contributed by atoms with Crippen LogP contribution in [0.25, 0.3) is 0 Å². The number of amides is 1. The van der Waals surface area contributed by atoms with Crippen molar-refractivity contribution >= 4 is 28.9 Å². The van der Waals surface area contributed by atoms with E-state index >= 15 is 0 Å². The topological polar surface area (TPSA) is 72.2 Å². The zero-order chi connectivity index (χ0) is 15.6. The maximum atomic E-state index is 13.2. The lowest BCUT2D eigenvalue weighted by atomic mass is 10.1. The SMILES string of the molecule is O=C(Nc1ccc(Cl)cc1)c1cc(F)c(F)cc1[N+](=O)[O-]. The summed E-state index contributed by atoms with van der Waals surface area (Å²) < 4.78 is 26.2. The molecule has 5 nitrogen and oxygen atoms in total. The quantitative estimate of drug-likeness (QED) is 0.692. The van der Waals surface area contributed by atoms with Crippen LogP contribution in [-0.4, -0.2) is 10.8 Å². The monoisotopic (exact) mass is 312 g/mol. The fourth-order valence-corrected chi connectivity index (χ4v) is 1.73. The highest BCUT2D eigenvalue weighted by Crippen LogP contribution is 2.23. The van der Waals surface area contributed by atoms with Gasteiger partial charge in [0.15, 0.2) is 11.6 Å². The minimum Gasteiger partial charge on any atom is -0.322 e. The molecule has 0 aliphatic rings. The normalized spacial score (nSPS) is 10.2. The van der Waals surface area contributed by atoms with Crippen molar-refractivity contribution in [3.63, 3.8) is 0 Å². The van der Waals surface area contributed by atoms with E-state index in [1.165, 1.54) is 24.3 Å². The summed E-state index contributed by atoms with van der Waals surface area (Å²) in [6.45, 7) is 0. The van der Waals surface area contributed by atoms with Crippen molar-refractivity contribution in [3.8, 4) is 0 Å². The van der Waals surface area contributed by atoms with Crippen molar-refractivity contribution in [1.29, 1.82) is 0 Å². The smallest absolute Gasteiger partial charge is 0.285 e. The van der Waals surface area contributed by atoms with Crippen LogP contribution in [0.4, 0.5) is 20.2 Å². The van der Waals surface area contributed by atoms with Crippen molar-refractivity contribution in [2.75, 3.05) is 5.32 Å². The first-order valence-electron chi connectivity index (χ1n) is 5.59. The zero-order valence-corrected chi connectivity index (χ0v) is 11.0. The predicted octanol–water partition coefficient (Wildman–Crippen LogP) is 3.78. The van der Waals surface area contributed by atoms with Gasteiger partial charge < -0.3 is 5.32 Å². The summed E-state index contributed by atoms with van der Waals surface area (Å²) >= 11 is 5.68. The molecule has 0 saturated heterocycles. The molecule has 0 aliphatic heterocycles. The number of hydrogen-bond acceptors (Lipinski definition) is 3. The molecule has 0 bridgehead atoms. The first-order chi connectivity index (χ1) is 9.88. The number of carbonyl (C=O) groups excluding carboxylic acids is 1. The molecule has 108 valence electrons. The fourth-order valence-electron chi connectivity index (χ4n) is 1.60. The second-order valence-electron chi connectivity index (χ2n) is 4.00. The number of benzene rings is 2. The molecule has 0 heterocycles. The summed E-state index contributed by atoms with van der Waals surface area (Å²) in [4.78, 5) is 21.8. The van der Waals surface area contributed by atoms with Crippen LogP contribution >= 0.6 is 11.6 Å². The third-order valence-electron chi connectivity index (χ3n) is 2.58. The molecular weight excluding hydrogens is 306 g/mol. The summed E-state index contributed by atoms with van der Waals surface area (Å²) in [6, 6.07) is 6.77. The lowest BCUT2D eigenvalue weighted by Gasteiger charge is -2.06. The molecule has 0 spiro atoms. The lowest BCUT2D eigenvalue weighted by Crippen LogP contribution is -2.14. The van der Waals surface area contributed by atoms with Crippen molar-refractivity contribution in [2.24, 2.45) is 0 Å². The van der Waals surface area contributed by atoms with Crippen LogP contribution in [0.2, 0.25) is 5.02 Å². The first-order valence-corrected chi connectivity index (χ1v) is 5.96. The maximum Gasteiger partial charge on any atom is 0.285 e. The van der Waals surface area contributed by atoms with E-state index in [1.807, 2.05) is 0 Å². The molecule has 1 N–H and O–H groups in total. The Labute approximate surface area is 122 Å². The summed E-state index contributed by atoms with van der Waals surface area (Å²) in [5, 5.41) is 13.6. The highest BCUT2D eigenvalue weighted by Gasteiger charge is 2.24. The van der Waals surface area contributed by atoms with E-state index in [0.717, 1.165) is 0 Å². The third-order valence-corrected chi connectivity index (χ3v) is 2.83. The van der Waals surface area contributed by atoms with Gasteiger partial charge in [-0.1, -0.05) is 11.6 Å². The van der Waals surface area contributed by atoms with E-state index in [2.05, 4.69) is 5.32 Å². The second-order valence-corrected chi connectivity index (χ2v) is 4.44. The molecular formula is C13H7ClF2N2O3. The summed E-state index contributed by atoms with van der Waals surface area (Å²) in [6.07, 6.45) is 0. The molecule has 0 radical (unpaired) electrons. The molecule has 8 heteroatoms. The Kier molecular flexibility index (Phi) is 4.13. The standard InChI is InChI=1S/C13H7ClF2N2O3/c14-7-1-3-8(4-2-7)17-13(19)9-5-10(15)11(16)6-12(9)18(20)21/h1-6H,(H,17,19). The molecule has 0 aliphatic carbocycles. The molecule has 0 saturated carbocycles. The predicted molar refractivity (Wildman–Crippen MR) is 72.4 cm³/mol. The lowest BCUT2D eigenvalue weighted by molar-refractivity contribution is -0.385. The molecule has 0 aromatic heterocycles. The van der Waals surface area contributed by atoms with Crippen LogP contribution in [0.3, 0.4) is 0 Å². The van der Waals surface area contributed by atoms with E-state index in [4.69, 9.17) is 11.6 Å². The number of rotatable bonds is 3. The number of halogens is 3. The number of anilines is 1. The Morgan fingerprint density at radius 2 is 1.71 bits per heavy atom. The summed E-state index contributed by atoms with van der Waals surface area (Å²) in [5.74, 6) is -3.67. The van der Waals surface area contributed by atoms with Gasteiger partial charge in [-0.25, -0.2) is 8.78 Å². The number of nitro groups is 1. The Bertz CT molecular complexity index is 720. The number of nitro benzene ring substituents is 1. The van der Waals surface area contributed by atoms with E-state index in [-0.39, 0.29) is 0 Å². The van der Waals surface area contributed by atoms with Gasteiger partial charge in [0.1, 0.15) is 5.56 Å². The van der Waals surface area contributed by atoms with Crippen LogP contribution in [0.5, 0.6) is 0 Å². The number of carbonyl (C=O) groups is 1. The van der Waals surface area contributed by atoms with Gasteiger partial charge in [-0.15, -0.1) is 0 Å². The van der Waals surface area contributed by atoms with E-state index in [0.29, 0.717) is 22.8 Å². The Balaban J connectivity index is 2.36. The number of nitrogens with one attached hydrogen (secondary N) is 1. The molecule has 0 atom stereocenters. The highest BCUT2D eigenvalue weighted by atomic mass is 35.5. The van der Waals surface area contributed by atoms with Gasteiger partial charge in [0.2, 0.25) is 0 Å². The van der Waals surface area contributed by atoms with Crippen LogP contribution in [-0.2, 0) is 0 Å². The molecule has 0 unspecified atom stereocenters. The van der Waals surface area contributed by atoms with E-state index in [1.54, 1.807) is 0 Å². The summed E-state index contributed by atoms with van der Waals surface area (Å²) in [7, 11) is 0. The molecule has 2 rings (SSSR count). The number of hydrogen-bond donors (Lipinski definition) is 1. The van der Waals surface area contributed by atoms with Crippen molar-refractivity contribution in [2.45, 2.75) is 0 Å². The van der Waals surface area contributed by atoms with Crippen LogP contribution in [0.1, 0.15) is 10.4 Å². The Morgan fingerprint density at radius 1 is 1.14 bits per heavy atom. The van der Waals surface area contributed by atoms with Crippen molar-refractivity contribution < 1.29 is 18.5 Å². The van der Waals surface area contributed by atoms with Gasteiger partial charge in [-0.2, -0.15) is 0 Å². The minimum atomic E-state index is -1.40. The van der Waals surface area contributed by atoms with E-state index in [9.17, 15) is 23.7 Å². The maximum absolute atomic E-state index is 13.2. The van der Waals surface area contributed by atoms with Gasteiger partial charge in [0, 0.05) is 10.7 Å². The Morgan fingerprint density at radius 3 is 2.29 bits per heavy atom. The molecule has 1 amide bonds. The van der Waals surface area contributed by atoms with Crippen molar-refractivity contribution in [1.82, 2.24) is 0 Å². The highest BCUT2D eigenvalue weighted by molar-refractivity contribution is 6.30. The average molecular weight is 313 g/mol. The van der Waals surface area contributed by atoms with Gasteiger partial charge >= 0.3 is 0 Å². The van der Waals surface area contributed by atoms with Crippen LogP contribution in [0.15, 0.2) is 36.4 Å². The largest absolute Gasteiger partial charge is 0.322 e. The first kappa shape index (κ1) is 14.9. The molecule has 0 fully saturated rings. The third kappa shape index (κ3) is 3.32. The Hall–Kier alpha value is -2.54. The molecule has 21 heavy (non-hydrogen) atoms. The van der Waals surface area contributed by atoms with Crippen molar-refractivity contribution in [3.05, 3.63) is 68.7 Å². The fraction of sp³-hybridized carbons (Fsp3) is 0. The van der Waals surface area contributed by atoms with Gasteiger partial charge in [-0.05, 0) is 30.3 Å². The average Bonchev–Trinajstić information content (AvgIpc) is 2.43. The second kappa shape index (κ2) is 5.84. The number of nitrogens with zero attached hydrogens (tertiary/aromatic N) is 1. The molecule has 2 aromatic carbocycles. The van der Waals surface area contributed by atoms with Gasteiger partial charge in [0.05, 0.1) is 11.0 Å². The minimum absolute atomic E-state index is 0.309. The summed E-state index contributed by atoms with van der Waals surface area (Å²) in [5.41, 5.74) is -1.09. The van der Waals surface area contributed by atoms with Crippen LogP contribution < -0.4 is 5.32 Å². The van der Waals surface area contributed by atoms with E-state index < -0.39 is 33.7 Å². The zero-order valence-electron chi connectivity index (χ0n) is 10.3. The molecule has 2 aromatic rings. The van der Waals surface area contributed by atoms with Gasteiger partial charge in [-0.3, -0.25) is 14.9 Å².